The molecule has 1 aromatic heterocycles. The van der Waals surface area contributed by atoms with Gasteiger partial charge in [0.05, 0.1) is 0 Å². The number of carbonyl (C=O) groups is 1. The summed E-state index contributed by atoms with van der Waals surface area (Å²) in [5, 5.41) is 14.9. The number of carboxylic acids is 1. The summed E-state index contributed by atoms with van der Waals surface area (Å²) < 4.78 is 1.97. The molecular formula is C25H30N2O2. The lowest BCUT2D eigenvalue weighted by atomic mass is 9.86. The third-order valence-corrected chi connectivity index (χ3v) is 6.52. The average Bonchev–Trinajstić information content (AvgIpc) is 3.03. The van der Waals surface area contributed by atoms with Crippen LogP contribution in [0.2, 0.25) is 0 Å². The van der Waals surface area contributed by atoms with Gasteiger partial charge in [0.25, 0.3) is 0 Å². The molecular weight excluding hydrogens is 360 g/mol. The third-order valence-electron chi connectivity index (χ3n) is 6.52. The van der Waals surface area contributed by atoms with Crippen LogP contribution in [0.25, 0.3) is 10.9 Å². The minimum Gasteiger partial charge on any atom is -0.477 e. The van der Waals surface area contributed by atoms with Crippen molar-refractivity contribution in [3.8, 4) is 0 Å². The number of aromatic carboxylic acids is 1. The first-order chi connectivity index (χ1) is 14.1. The molecule has 0 amide bonds. The molecule has 1 aliphatic carbocycles. The molecule has 2 aromatic carbocycles. The van der Waals surface area contributed by atoms with Crippen molar-refractivity contribution in [3.05, 3.63) is 70.9 Å². The molecule has 0 bridgehead atoms. The first kappa shape index (κ1) is 19.7. The Morgan fingerprint density at radius 1 is 1.10 bits per heavy atom. The Hall–Kier alpha value is -2.59. The highest BCUT2D eigenvalue weighted by Crippen LogP contribution is 2.29. The highest BCUT2D eigenvalue weighted by molar-refractivity contribution is 5.98. The molecule has 0 saturated heterocycles. The molecule has 1 fully saturated rings. The number of fused-ring (bicyclic) bond motifs is 1. The molecule has 29 heavy (non-hydrogen) atoms. The van der Waals surface area contributed by atoms with Crippen molar-refractivity contribution in [1.29, 1.82) is 0 Å². The number of aryl methyl sites for hydroxylation is 1. The number of hydrogen-bond acceptors (Lipinski definition) is 2. The van der Waals surface area contributed by atoms with Crippen LogP contribution in [0.1, 0.15) is 59.8 Å². The van der Waals surface area contributed by atoms with E-state index in [1.54, 1.807) is 0 Å². The highest BCUT2D eigenvalue weighted by atomic mass is 16.4. The van der Waals surface area contributed by atoms with Gasteiger partial charge in [0, 0.05) is 35.6 Å². The molecule has 4 heteroatoms. The Morgan fingerprint density at radius 2 is 1.83 bits per heavy atom. The fraction of sp³-hybridized carbons (Fsp3) is 0.400. The molecule has 1 saturated carbocycles. The van der Waals surface area contributed by atoms with Gasteiger partial charge in [-0.3, -0.25) is 0 Å². The second kappa shape index (κ2) is 8.42. The maximum absolute atomic E-state index is 12.4. The summed E-state index contributed by atoms with van der Waals surface area (Å²) in [6, 6.07) is 16.7. The Labute approximate surface area is 172 Å². The Morgan fingerprint density at radius 3 is 2.59 bits per heavy atom. The van der Waals surface area contributed by atoms with E-state index in [-0.39, 0.29) is 0 Å². The maximum atomic E-state index is 12.4. The van der Waals surface area contributed by atoms with Crippen LogP contribution in [0.3, 0.4) is 0 Å². The van der Waals surface area contributed by atoms with Crippen molar-refractivity contribution >= 4 is 16.9 Å². The molecule has 4 rings (SSSR count). The molecule has 0 aliphatic heterocycles. The van der Waals surface area contributed by atoms with E-state index >= 15 is 0 Å². The largest absolute Gasteiger partial charge is 0.477 e. The van der Waals surface area contributed by atoms with Crippen LogP contribution >= 0.6 is 0 Å². The standard InChI is InChI=1S/C25H30N2O2/c1-17-9-3-5-11-19(17)16-27-23-14-8-6-12-20(23)21(24(27)25(28)29)15-26-22-13-7-4-10-18(22)2/h3,5-6,8-9,11-12,14,18,22,26H,4,7,10,13,15-16H2,1-2H3,(H,28,29). The summed E-state index contributed by atoms with van der Waals surface area (Å²) in [6.07, 6.45) is 4.97. The Bertz CT molecular complexity index is 1020. The van der Waals surface area contributed by atoms with E-state index in [1.807, 2.05) is 34.9 Å². The van der Waals surface area contributed by atoms with Gasteiger partial charge in [-0.2, -0.15) is 0 Å². The van der Waals surface area contributed by atoms with Gasteiger partial charge in [-0.05, 0) is 42.9 Å². The van der Waals surface area contributed by atoms with E-state index in [4.69, 9.17) is 0 Å². The summed E-state index contributed by atoms with van der Waals surface area (Å²) in [5.74, 6) is -0.222. The van der Waals surface area contributed by atoms with E-state index in [1.165, 1.54) is 31.2 Å². The zero-order valence-electron chi connectivity index (χ0n) is 17.3. The fourth-order valence-electron chi connectivity index (χ4n) is 4.77. The molecule has 0 spiro atoms. The number of aromatic nitrogens is 1. The van der Waals surface area contributed by atoms with Gasteiger partial charge >= 0.3 is 5.97 Å². The van der Waals surface area contributed by atoms with Crippen LogP contribution in [0.4, 0.5) is 0 Å². The van der Waals surface area contributed by atoms with Crippen LogP contribution in [-0.4, -0.2) is 21.7 Å². The quantitative estimate of drug-likeness (QED) is 0.595. The van der Waals surface area contributed by atoms with Crippen molar-refractivity contribution in [2.75, 3.05) is 0 Å². The molecule has 1 aliphatic rings. The van der Waals surface area contributed by atoms with Crippen molar-refractivity contribution < 1.29 is 9.90 Å². The topological polar surface area (TPSA) is 54.3 Å². The minimum absolute atomic E-state index is 0.408. The van der Waals surface area contributed by atoms with Crippen molar-refractivity contribution in [3.63, 3.8) is 0 Å². The predicted octanol–water partition coefficient (Wildman–Crippen LogP) is 5.36. The van der Waals surface area contributed by atoms with Gasteiger partial charge in [0.1, 0.15) is 5.69 Å². The van der Waals surface area contributed by atoms with Gasteiger partial charge in [0.15, 0.2) is 0 Å². The lowest BCUT2D eigenvalue weighted by Gasteiger charge is -2.29. The van der Waals surface area contributed by atoms with Gasteiger partial charge in [-0.15, -0.1) is 0 Å². The number of para-hydroxylation sites is 1. The summed E-state index contributed by atoms with van der Waals surface area (Å²) in [4.78, 5) is 12.4. The fourth-order valence-corrected chi connectivity index (χ4v) is 4.77. The smallest absolute Gasteiger partial charge is 0.352 e. The summed E-state index contributed by atoms with van der Waals surface area (Å²) in [6.45, 7) is 5.54. The summed E-state index contributed by atoms with van der Waals surface area (Å²) >= 11 is 0. The zero-order chi connectivity index (χ0) is 20.4. The second-order valence-corrected chi connectivity index (χ2v) is 8.41. The number of nitrogens with one attached hydrogen (secondary N) is 1. The van der Waals surface area contributed by atoms with Crippen LogP contribution in [0, 0.1) is 12.8 Å². The highest BCUT2D eigenvalue weighted by Gasteiger charge is 2.25. The lowest BCUT2D eigenvalue weighted by Crippen LogP contribution is -2.37. The normalized spacial score (nSPS) is 19.5. The van der Waals surface area contributed by atoms with E-state index in [2.05, 4.69) is 37.4 Å². The van der Waals surface area contributed by atoms with Crippen LogP contribution < -0.4 is 5.32 Å². The van der Waals surface area contributed by atoms with Gasteiger partial charge in [-0.1, -0.05) is 62.2 Å². The first-order valence-electron chi connectivity index (χ1n) is 10.7. The number of rotatable bonds is 6. The lowest BCUT2D eigenvalue weighted by molar-refractivity contribution is 0.0684. The van der Waals surface area contributed by atoms with Crippen molar-refractivity contribution in [2.24, 2.45) is 5.92 Å². The monoisotopic (exact) mass is 390 g/mol. The first-order valence-corrected chi connectivity index (χ1v) is 10.7. The summed E-state index contributed by atoms with van der Waals surface area (Å²) in [7, 11) is 0. The number of carboxylic acid groups (broad SMARTS) is 1. The van der Waals surface area contributed by atoms with Crippen molar-refractivity contribution in [2.45, 2.75) is 58.7 Å². The van der Waals surface area contributed by atoms with Gasteiger partial charge in [0.2, 0.25) is 0 Å². The van der Waals surface area contributed by atoms with Crippen LogP contribution in [0.5, 0.6) is 0 Å². The summed E-state index contributed by atoms with van der Waals surface area (Å²) in [5.41, 5.74) is 4.63. The van der Waals surface area contributed by atoms with Gasteiger partial charge < -0.3 is 15.0 Å². The minimum atomic E-state index is -0.858. The average molecular weight is 391 g/mol. The maximum Gasteiger partial charge on any atom is 0.352 e. The van der Waals surface area contributed by atoms with Gasteiger partial charge in [-0.25, -0.2) is 4.79 Å². The molecule has 2 N–H and O–H groups in total. The molecule has 3 aromatic rings. The Balaban J connectivity index is 1.74. The van der Waals surface area contributed by atoms with E-state index < -0.39 is 5.97 Å². The molecule has 1 heterocycles. The van der Waals surface area contributed by atoms with E-state index in [0.29, 0.717) is 30.7 Å². The zero-order valence-corrected chi connectivity index (χ0v) is 17.3. The molecule has 2 unspecified atom stereocenters. The van der Waals surface area contributed by atoms with E-state index in [9.17, 15) is 9.90 Å². The predicted molar refractivity (Wildman–Crippen MR) is 117 cm³/mol. The third kappa shape index (κ3) is 3.95. The molecule has 0 radical (unpaired) electrons. The molecule has 4 nitrogen and oxygen atoms in total. The van der Waals surface area contributed by atoms with E-state index in [0.717, 1.165) is 22.0 Å². The molecule has 2 atom stereocenters. The number of hydrogen-bond donors (Lipinski definition) is 2. The SMILES string of the molecule is Cc1ccccc1Cn1c(C(=O)O)c(CNC2CCCCC2C)c2ccccc21. The Kier molecular flexibility index (Phi) is 5.72. The second-order valence-electron chi connectivity index (χ2n) is 8.41. The van der Waals surface area contributed by atoms with Crippen LogP contribution in [-0.2, 0) is 13.1 Å². The van der Waals surface area contributed by atoms with Crippen molar-refractivity contribution in [1.82, 2.24) is 9.88 Å². The number of benzene rings is 2. The molecule has 152 valence electrons. The number of nitrogens with zero attached hydrogens (tertiary/aromatic N) is 1. The van der Waals surface area contributed by atoms with Crippen LogP contribution in [0.15, 0.2) is 48.5 Å².